The molecule has 17 atom stereocenters. The number of ether oxygens (including phenoxy) is 4. The first-order valence-electron chi connectivity index (χ1n) is 18.8. The molecule has 0 aromatic rings. The van der Waals surface area contributed by atoms with Crippen LogP contribution in [0, 0.1) is 50.7 Å². The lowest BCUT2D eigenvalue weighted by Crippen LogP contribution is -2.68. The molecule has 5 N–H and O–H groups in total. The van der Waals surface area contributed by atoms with E-state index < -0.39 is 48.9 Å². The molecule has 0 bridgehead atoms. The minimum absolute atomic E-state index is 0.00472. The molecular formula is C38H62O10. The molecule has 7 rings (SSSR count). The van der Waals surface area contributed by atoms with Crippen molar-refractivity contribution in [3.8, 4) is 0 Å². The summed E-state index contributed by atoms with van der Waals surface area (Å²) in [6, 6.07) is 0. The quantitative estimate of drug-likeness (QED) is 0.146. The summed E-state index contributed by atoms with van der Waals surface area (Å²) in [5, 5.41) is 55.3. The highest BCUT2D eigenvalue weighted by Crippen LogP contribution is 2.91. The summed E-state index contributed by atoms with van der Waals surface area (Å²) in [7, 11) is 0. The maximum Gasteiger partial charge on any atom is 0.302 e. The van der Waals surface area contributed by atoms with Gasteiger partial charge in [0.05, 0.1) is 23.9 Å². The molecule has 7 fully saturated rings. The van der Waals surface area contributed by atoms with E-state index in [2.05, 4.69) is 34.6 Å². The Morgan fingerprint density at radius 3 is 2.25 bits per heavy atom. The summed E-state index contributed by atoms with van der Waals surface area (Å²) < 4.78 is 24.1. The van der Waals surface area contributed by atoms with Crippen molar-refractivity contribution in [3.05, 3.63) is 0 Å². The van der Waals surface area contributed by atoms with Crippen LogP contribution in [0.3, 0.4) is 0 Å². The Hall–Kier alpha value is -0.850. The minimum Gasteiger partial charge on any atom is -0.463 e. The largest absolute Gasteiger partial charge is 0.463 e. The molecule has 0 radical (unpaired) electrons. The van der Waals surface area contributed by atoms with E-state index in [1.54, 1.807) is 0 Å². The molecule has 10 nitrogen and oxygen atoms in total. The Labute approximate surface area is 286 Å². The molecule has 48 heavy (non-hydrogen) atoms. The third-order valence-corrected chi connectivity index (χ3v) is 16.2. The average Bonchev–Trinajstić information content (AvgIpc) is 3.84. The van der Waals surface area contributed by atoms with Crippen LogP contribution in [-0.2, 0) is 23.7 Å². The van der Waals surface area contributed by atoms with Crippen LogP contribution in [-0.4, -0.2) is 98.8 Å². The van der Waals surface area contributed by atoms with Gasteiger partial charge in [-0.15, -0.1) is 0 Å². The van der Waals surface area contributed by atoms with E-state index in [1.807, 2.05) is 13.8 Å². The lowest BCUT2D eigenvalue weighted by atomic mass is 9.37. The summed E-state index contributed by atoms with van der Waals surface area (Å²) in [6.45, 7) is 16.7. The topological polar surface area (TPSA) is 158 Å². The van der Waals surface area contributed by atoms with Crippen LogP contribution in [0.15, 0.2) is 0 Å². The van der Waals surface area contributed by atoms with Crippen molar-refractivity contribution in [2.75, 3.05) is 6.61 Å². The Balaban J connectivity index is 1.22. The van der Waals surface area contributed by atoms with Crippen molar-refractivity contribution in [2.45, 2.75) is 174 Å². The first-order valence-corrected chi connectivity index (χ1v) is 18.8. The number of carbonyl (C=O) groups is 1. The van der Waals surface area contributed by atoms with Crippen LogP contribution >= 0.6 is 0 Å². The third kappa shape index (κ3) is 4.82. The lowest BCUT2D eigenvalue weighted by Gasteiger charge is -2.69. The van der Waals surface area contributed by atoms with E-state index >= 15 is 0 Å². The number of aliphatic hydroxyl groups excluding tert-OH is 5. The van der Waals surface area contributed by atoms with Gasteiger partial charge in [0, 0.05) is 12.3 Å². The van der Waals surface area contributed by atoms with Gasteiger partial charge in [-0.25, -0.2) is 0 Å². The highest BCUT2D eigenvalue weighted by Gasteiger charge is 2.85. The van der Waals surface area contributed by atoms with Crippen LogP contribution < -0.4 is 0 Å². The number of hydrogen-bond acceptors (Lipinski definition) is 10. The van der Waals surface area contributed by atoms with Crippen molar-refractivity contribution >= 4 is 5.97 Å². The predicted octanol–water partition coefficient (Wildman–Crippen LogP) is 3.72. The van der Waals surface area contributed by atoms with Crippen molar-refractivity contribution in [3.63, 3.8) is 0 Å². The number of aliphatic hydroxyl groups is 5. The van der Waals surface area contributed by atoms with E-state index in [1.165, 1.54) is 6.92 Å². The van der Waals surface area contributed by atoms with Crippen LogP contribution in [0.5, 0.6) is 0 Å². The molecule has 5 aliphatic carbocycles. The van der Waals surface area contributed by atoms with Crippen molar-refractivity contribution < 1.29 is 49.3 Å². The number of carbonyl (C=O) groups excluding carboxylic acids is 1. The summed E-state index contributed by atoms with van der Waals surface area (Å²) in [5.41, 5.74) is -0.670. The number of esters is 1. The summed E-state index contributed by atoms with van der Waals surface area (Å²) in [4.78, 5) is 11.6. The fourth-order valence-corrected chi connectivity index (χ4v) is 13.7. The fourth-order valence-electron chi connectivity index (χ4n) is 13.7. The molecule has 10 heteroatoms. The molecule has 274 valence electrons. The Morgan fingerprint density at radius 2 is 1.60 bits per heavy atom. The number of epoxide rings is 1. The molecule has 0 spiro atoms. The van der Waals surface area contributed by atoms with Gasteiger partial charge in [0.2, 0.25) is 0 Å². The molecule has 0 unspecified atom stereocenters. The summed E-state index contributed by atoms with van der Waals surface area (Å²) in [5.74, 6) is 0.803. The molecule has 0 aromatic heterocycles. The second-order valence-electron chi connectivity index (χ2n) is 19.0. The molecule has 0 aromatic carbocycles. The number of hydrogen-bond donors (Lipinski definition) is 5. The van der Waals surface area contributed by atoms with Crippen molar-refractivity contribution in [1.29, 1.82) is 0 Å². The van der Waals surface area contributed by atoms with E-state index in [-0.39, 0.29) is 57.4 Å². The molecular weight excluding hydrogens is 616 g/mol. The smallest absolute Gasteiger partial charge is 0.302 e. The standard InChI is InChI=1S/C38H62O10/c1-19(15-22(40)31-34(5,6)48-31)21-9-14-38-18-37(21,38)13-10-24-35(7)12-11-26(41)33(3,4)25(35)16-27(36(24,38)8)47-32-30(44)29(43)28(42)23(46-32)17-45-20(2)39/h19,21-32,40-44H,9-18H2,1-8H3/t19-,21+,22+,23-,24-,25+,26-,27-,28-,29+,30-,31-,32+,35-,36+,37-,38-/m1/s1. The highest BCUT2D eigenvalue weighted by atomic mass is 16.7. The first kappa shape index (κ1) is 35.5. The Bertz CT molecular complexity index is 1270. The van der Waals surface area contributed by atoms with Gasteiger partial charge in [-0.2, -0.15) is 0 Å². The molecule has 0 amide bonds. The van der Waals surface area contributed by atoms with Crippen molar-refractivity contribution in [2.24, 2.45) is 50.7 Å². The molecule has 2 heterocycles. The SMILES string of the molecule is CC(=O)OC[C@H]1O[C@@H](O[C@@H]2C[C@H]3C(C)(C)[C@H](O)CC[C@]3(C)[C@H]3CC[C@]45C[C@]4(CC[C@H]5[C@H](C)C[C@H](O)[C@H]4OC4(C)C)[C@@]32C)[C@H](O)[C@@H](O)[C@@H]1O. The van der Waals surface area contributed by atoms with Gasteiger partial charge in [-0.1, -0.05) is 34.6 Å². The second-order valence-corrected chi connectivity index (χ2v) is 19.0. The van der Waals surface area contributed by atoms with Crippen LogP contribution in [0.4, 0.5) is 0 Å². The van der Waals surface area contributed by atoms with Crippen LogP contribution in [0.1, 0.15) is 113 Å². The Kier molecular flexibility index (Phi) is 8.39. The highest BCUT2D eigenvalue weighted by molar-refractivity contribution is 5.65. The Morgan fingerprint density at radius 1 is 0.917 bits per heavy atom. The van der Waals surface area contributed by atoms with E-state index in [9.17, 15) is 30.3 Å². The third-order valence-electron chi connectivity index (χ3n) is 16.2. The van der Waals surface area contributed by atoms with Gasteiger partial charge in [0.1, 0.15) is 37.1 Å². The maximum absolute atomic E-state index is 11.6. The predicted molar refractivity (Wildman–Crippen MR) is 175 cm³/mol. The van der Waals surface area contributed by atoms with Gasteiger partial charge in [0.25, 0.3) is 0 Å². The van der Waals surface area contributed by atoms with Gasteiger partial charge in [0.15, 0.2) is 6.29 Å². The number of fused-ring (bicyclic) bond motifs is 3. The zero-order valence-electron chi connectivity index (χ0n) is 30.4. The van der Waals surface area contributed by atoms with Crippen LogP contribution in [0.25, 0.3) is 0 Å². The van der Waals surface area contributed by atoms with E-state index in [4.69, 9.17) is 18.9 Å². The molecule has 7 aliphatic rings. The van der Waals surface area contributed by atoms with E-state index in [0.29, 0.717) is 24.2 Å². The average molecular weight is 679 g/mol. The van der Waals surface area contributed by atoms with Gasteiger partial charge in [-0.3, -0.25) is 4.79 Å². The maximum atomic E-state index is 11.6. The second kappa shape index (κ2) is 11.3. The summed E-state index contributed by atoms with van der Waals surface area (Å²) >= 11 is 0. The van der Waals surface area contributed by atoms with Gasteiger partial charge < -0.3 is 44.5 Å². The molecule has 5 saturated carbocycles. The van der Waals surface area contributed by atoms with Gasteiger partial charge >= 0.3 is 5.97 Å². The first-order chi connectivity index (χ1) is 22.3. The normalized spacial score (nSPS) is 54.1. The minimum atomic E-state index is -1.53. The van der Waals surface area contributed by atoms with E-state index in [0.717, 1.165) is 51.4 Å². The summed E-state index contributed by atoms with van der Waals surface area (Å²) in [6.07, 6.45) is 0.669. The lowest BCUT2D eigenvalue weighted by molar-refractivity contribution is -0.344. The van der Waals surface area contributed by atoms with Crippen LogP contribution in [0.2, 0.25) is 0 Å². The zero-order chi connectivity index (χ0) is 35.0. The zero-order valence-corrected chi connectivity index (χ0v) is 30.4. The monoisotopic (exact) mass is 678 g/mol. The molecule has 2 aliphatic heterocycles. The fraction of sp³-hybridized carbons (Fsp3) is 0.974. The number of rotatable bonds is 8. The van der Waals surface area contributed by atoms with Crippen molar-refractivity contribution in [1.82, 2.24) is 0 Å². The molecule has 2 saturated heterocycles. The van der Waals surface area contributed by atoms with Gasteiger partial charge in [-0.05, 0) is 117 Å².